The summed E-state index contributed by atoms with van der Waals surface area (Å²) in [4.78, 5) is 24.2. The van der Waals surface area contributed by atoms with E-state index in [1.165, 1.54) is 18.3 Å². The minimum Gasteiger partial charge on any atom is -0.395 e. The first kappa shape index (κ1) is 25.3. The summed E-state index contributed by atoms with van der Waals surface area (Å²) < 4.78 is 31.9. The molecule has 3 heterocycles. The van der Waals surface area contributed by atoms with Gasteiger partial charge in [-0.2, -0.15) is 0 Å². The zero-order chi connectivity index (χ0) is 26.6. The molecule has 5 rings (SSSR count). The molecule has 0 saturated carbocycles. The van der Waals surface area contributed by atoms with Crippen LogP contribution in [0.25, 0.3) is 16.9 Å². The molecule has 4 aromatic rings. The number of β-amino-alcohol motifs (C(OH)–C–C–N with tert-alkyl or cyclic N) is 1. The average Bonchev–Trinajstić information content (AvgIpc) is 3.36. The van der Waals surface area contributed by atoms with Gasteiger partial charge in [-0.05, 0) is 30.3 Å². The molecule has 2 aromatic heterocycles. The van der Waals surface area contributed by atoms with E-state index in [2.05, 4.69) is 32.1 Å². The van der Waals surface area contributed by atoms with E-state index in [0.29, 0.717) is 49.9 Å². The van der Waals surface area contributed by atoms with Gasteiger partial charge in [-0.3, -0.25) is 14.1 Å². The number of fused-ring (bicyclic) bond motifs is 1. The van der Waals surface area contributed by atoms with Gasteiger partial charge < -0.3 is 20.6 Å². The SMILES string of the molecule is C=CC(=O)Nc1cccc(-c2cnc3cnc(Nc4ccc(N5CCN(CCO)CC5)c(F)c4F)cn23)c1. The number of aliphatic hydroxyl groups is 1. The maximum Gasteiger partial charge on any atom is 0.247 e. The first-order valence-electron chi connectivity index (χ1n) is 12.2. The van der Waals surface area contributed by atoms with Crippen LogP contribution in [-0.2, 0) is 4.79 Å². The highest BCUT2D eigenvalue weighted by atomic mass is 19.2. The summed E-state index contributed by atoms with van der Waals surface area (Å²) in [5.74, 6) is -1.93. The Morgan fingerprint density at radius 3 is 2.66 bits per heavy atom. The van der Waals surface area contributed by atoms with Gasteiger partial charge in [0.2, 0.25) is 5.91 Å². The van der Waals surface area contributed by atoms with Crippen LogP contribution in [0.15, 0.2) is 67.6 Å². The largest absolute Gasteiger partial charge is 0.395 e. The molecular formula is C27H27F2N7O2. The number of hydrogen-bond donors (Lipinski definition) is 3. The summed E-state index contributed by atoms with van der Waals surface area (Å²) in [6.07, 6.45) is 6.05. The van der Waals surface area contributed by atoms with Crippen molar-refractivity contribution in [1.29, 1.82) is 0 Å². The van der Waals surface area contributed by atoms with E-state index in [1.807, 2.05) is 11.0 Å². The van der Waals surface area contributed by atoms with Gasteiger partial charge in [0.25, 0.3) is 0 Å². The molecule has 11 heteroatoms. The number of nitrogens with zero attached hydrogens (tertiary/aromatic N) is 5. The number of benzene rings is 2. The molecule has 38 heavy (non-hydrogen) atoms. The van der Waals surface area contributed by atoms with Crippen molar-refractivity contribution >= 4 is 34.4 Å². The Bertz CT molecular complexity index is 1480. The Kier molecular flexibility index (Phi) is 7.29. The van der Waals surface area contributed by atoms with E-state index < -0.39 is 11.6 Å². The minimum atomic E-state index is -0.987. The number of rotatable bonds is 8. The number of carbonyl (C=O) groups is 1. The molecule has 3 N–H and O–H groups in total. The van der Waals surface area contributed by atoms with Gasteiger partial charge in [0.05, 0.1) is 42.3 Å². The van der Waals surface area contributed by atoms with Crippen LogP contribution in [0.2, 0.25) is 0 Å². The van der Waals surface area contributed by atoms with E-state index in [0.717, 1.165) is 11.3 Å². The summed E-state index contributed by atoms with van der Waals surface area (Å²) in [5.41, 5.74) is 2.85. The molecule has 0 spiro atoms. The van der Waals surface area contributed by atoms with Crippen LogP contribution in [0.4, 0.5) is 31.7 Å². The van der Waals surface area contributed by atoms with Crippen LogP contribution in [-0.4, -0.2) is 69.6 Å². The van der Waals surface area contributed by atoms with Crippen molar-refractivity contribution in [1.82, 2.24) is 19.3 Å². The summed E-state index contributed by atoms with van der Waals surface area (Å²) in [7, 11) is 0. The van der Waals surface area contributed by atoms with Gasteiger partial charge in [-0.25, -0.2) is 18.7 Å². The number of hydrogen-bond acceptors (Lipinski definition) is 7. The Hall–Kier alpha value is -4.35. The third-order valence-electron chi connectivity index (χ3n) is 6.46. The van der Waals surface area contributed by atoms with Crippen molar-refractivity contribution in [3.05, 3.63) is 79.3 Å². The lowest BCUT2D eigenvalue weighted by molar-refractivity contribution is -0.111. The summed E-state index contributed by atoms with van der Waals surface area (Å²) in [6, 6.07) is 10.3. The van der Waals surface area contributed by atoms with Gasteiger partial charge in [0, 0.05) is 44.0 Å². The molecular weight excluding hydrogens is 492 g/mol. The number of nitrogens with one attached hydrogen (secondary N) is 2. The van der Waals surface area contributed by atoms with Crippen LogP contribution in [0.5, 0.6) is 0 Å². The minimum absolute atomic E-state index is 0.0344. The smallest absolute Gasteiger partial charge is 0.247 e. The van der Waals surface area contributed by atoms with Gasteiger partial charge in [-0.1, -0.05) is 18.7 Å². The molecule has 1 aliphatic rings. The van der Waals surface area contributed by atoms with Crippen molar-refractivity contribution in [2.45, 2.75) is 0 Å². The molecule has 0 radical (unpaired) electrons. The highest BCUT2D eigenvalue weighted by Crippen LogP contribution is 2.30. The topological polar surface area (TPSA) is 98.0 Å². The van der Waals surface area contributed by atoms with Crippen LogP contribution >= 0.6 is 0 Å². The Morgan fingerprint density at radius 1 is 1.08 bits per heavy atom. The average molecular weight is 520 g/mol. The van der Waals surface area contributed by atoms with Crippen molar-refractivity contribution < 1.29 is 18.7 Å². The van der Waals surface area contributed by atoms with Crippen LogP contribution in [0.3, 0.4) is 0 Å². The number of amides is 1. The molecule has 0 bridgehead atoms. The predicted octanol–water partition coefficient (Wildman–Crippen LogP) is 3.66. The van der Waals surface area contributed by atoms with Crippen molar-refractivity contribution in [3.8, 4) is 11.3 Å². The number of anilines is 4. The van der Waals surface area contributed by atoms with Gasteiger partial charge >= 0.3 is 0 Å². The first-order valence-corrected chi connectivity index (χ1v) is 12.2. The zero-order valence-electron chi connectivity index (χ0n) is 20.6. The third kappa shape index (κ3) is 5.20. The molecule has 0 unspecified atom stereocenters. The molecule has 1 saturated heterocycles. The Balaban J connectivity index is 1.37. The molecule has 0 atom stereocenters. The molecule has 196 valence electrons. The zero-order valence-corrected chi connectivity index (χ0v) is 20.6. The Labute approximate surface area is 218 Å². The number of carbonyl (C=O) groups excluding carboxylic acids is 1. The number of piperazine rings is 1. The second-order valence-corrected chi connectivity index (χ2v) is 8.86. The monoisotopic (exact) mass is 519 g/mol. The summed E-state index contributed by atoms with van der Waals surface area (Å²) in [5, 5.41) is 14.7. The van der Waals surface area contributed by atoms with Gasteiger partial charge in [0.1, 0.15) is 5.82 Å². The standard InChI is InChI=1S/C27H27F2N7O2/c1-2-25(38)32-19-5-3-4-18(14-19)22-15-31-24-16-30-23(17-36(22)24)33-20-6-7-21(27(29)26(20)28)35-10-8-34(9-11-35)12-13-37/h2-7,14-17,33,37H,1,8-13H2,(H,32,38). The highest BCUT2D eigenvalue weighted by Gasteiger charge is 2.22. The van der Waals surface area contributed by atoms with Gasteiger partial charge in [-0.15, -0.1) is 0 Å². The predicted molar refractivity (Wildman–Crippen MR) is 143 cm³/mol. The second kappa shape index (κ2) is 11.0. The summed E-state index contributed by atoms with van der Waals surface area (Å²) >= 11 is 0. The molecule has 1 amide bonds. The first-order chi connectivity index (χ1) is 18.5. The van der Waals surface area contributed by atoms with E-state index in [-0.39, 0.29) is 23.9 Å². The van der Waals surface area contributed by atoms with Crippen LogP contribution in [0.1, 0.15) is 0 Å². The summed E-state index contributed by atoms with van der Waals surface area (Å²) in [6.45, 7) is 6.53. The van der Waals surface area contributed by atoms with E-state index >= 15 is 8.78 Å². The number of aromatic nitrogens is 3. The molecule has 2 aromatic carbocycles. The molecule has 9 nitrogen and oxygen atoms in total. The molecule has 0 aliphatic carbocycles. The normalized spacial score (nSPS) is 14.0. The number of halogens is 2. The van der Waals surface area contributed by atoms with Crippen LogP contribution < -0.4 is 15.5 Å². The highest BCUT2D eigenvalue weighted by molar-refractivity contribution is 5.99. The fraction of sp³-hybridized carbons (Fsp3) is 0.222. The lowest BCUT2D eigenvalue weighted by Gasteiger charge is -2.36. The van der Waals surface area contributed by atoms with Gasteiger partial charge in [0.15, 0.2) is 17.3 Å². The van der Waals surface area contributed by atoms with Crippen molar-refractivity contribution in [2.24, 2.45) is 0 Å². The van der Waals surface area contributed by atoms with E-state index in [9.17, 15) is 4.79 Å². The van der Waals surface area contributed by atoms with E-state index in [1.54, 1.807) is 41.1 Å². The lowest BCUT2D eigenvalue weighted by Crippen LogP contribution is -2.47. The fourth-order valence-electron chi connectivity index (χ4n) is 4.49. The Morgan fingerprint density at radius 2 is 1.89 bits per heavy atom. The quantitative estimate of drug-likeness (QED) is 0.306. The molecule has 1 aliphatic heterocycles. The number of aliphatic hydroxyl groups excluding tert-OH is 1. The molecule has 1 fully saturated rings. The number of imidazole rings is 1. The maximum atomic E-state index is 15.1. The van der Waals surface area contributed by atoms with Crippen LogP contribution in [0, 0.1) is 11.6 Å². The van der Waals surface area contributed by atoms with Crippen molar-refractivity contribution in [3.63, 3.8) is 0 Å². The fourth-order valence-corrected chi connectivity index (χ4v) is 4.49. The van der Waals surface area contributed by atoms with E-state index in [4.69, 9.17) is 5.11 Å². The lowest BCUT2D eigenvalue weighted by atomic mass is 10.1. The second-order valence-electron chi connectivity index (χ2n) is 8.86. The third-order valence-corrected chi connectivity index (χ3v) is 6.46. The maximum absolute atomic E-state index is 15.1. The van der Waals surface area contributed by atoms with Crippen molar-refractivity contribution in [2.75, 3.05) is 54.9 Å².